The Kier molecular flexibility index (Phi) is 4.02. The molecular formula is C14H18N4O2. The van der Waals surface area contributed by atoms with E-state index in [1.807, 2.05) is 38.1 Å². The van der Waals surface area contributed by atoms with Crippen molar-refractivity contribution in [3.05, 3.63) is 24.3 Å². The van der Waals surface area contributed by atoms with Crippen molar-refractivity contribution in [2.75, 3.05) is 24.3 Å². The van der Waals surface area contributed by atoms with Crippen molar-refractivity contribution < 1.29 is 9.53 Å². The molecule has 20 heavy (non-hydrogen) atoms. The quantitative estimate of drug-likeness (QED) is 0.853. The number of nitrogen functional groups attached to an aromatic ring is 1. The van der Waals surface area contributed by atoms with Crippen molar-refractivity contribution in [1.29, 1.82) is 0 Å². The molecule has 1 heterocycles. The van der Waals surface area contributed by atoms with Crippen LogP contribution in [0.3, 0.4) is 0 Å². The lowest BCUT2D eigenvalue weighted by Crippen LogP contribution is -2.37. The first-order valence-electron chi connectivity index (χ1n) is 6.38. The molecule has 0 aliphatic rings. The van der Waals surface area contributed by atoms with Crippen LogP contribution in [-0.2, 0) is 9.53 Å². The fraction of sp³-hybridized carbons (Fsp3) is 0.357. The molecule has 0 fully saturated rings. The Balaban J connectivity index is 2.47. The number of carbonyl (C=O) groups is 1. The molecule has 0 spiro atoms. The zero-order valence-corrected chi connectivity index (χ0v) is 11.8. The van der Waals surface area contributed by atoms with E-state index in [2.05, 4.69) is 9.97 Å². The monoisotopic (exact) mass is 274 g/mol. The molecule has 106 valence electrons. The van der Waals surface area contributed by atoms with Crippen LogP contribution in [0.4, 0.5) is 11.6 Å². The molecule has 0 atom stereocenters. The van der Waals surface area contributed by atoms with E-state index in [9.17, 15) is 4.79 Å². The first kappa shape index (κ1) is 14.0. The minimum absolute atomic E-state index is 0.0480. The summed E-state index contributed by atoms with van der Waals surface area (Å²) in [6.45, 7) is 4.00. The number of nitrogens with zero attached hydrogens (tertiary/aromatic N) is 3. The summed E-state index contributed by atoms with van der Waals surface area (Å²) in [7, 11) is 1.36. The van der Waals surface area contributed by atoms with Crippen LogP contribution in [0.5, 0.6) is 0 Å². The topological polar surface area (TPSA) is 81.3 Å². The third kappa shape index (κ3) is 2.79. The van der Waals surface area contributed by atoms with Crippen molar-refractivity contribution >= 4 is 28.6 Å². The first-order chi connectivity index (χ1) is 9.52. The summed E-state index contributed by atoms with van der Waals surface area (Å²) in [6.07, 6.45) is 0. The Labute approximate surface area is 117 Å². The number of benzene rings is 1. The smallest absolute Gasteiger partial charge is 0.325 e. The van der Waals surface area contributed by atoms with Gasteiger partial charge in [0.1, 0.15) is 6.54 Å². The summed E-state index contributed by atoms with van der Waals surface area (Å²) < 4.78 is 4.71. The van der Waals surface area contributed by atoms with Gasteiger partial charge < -0.3 is 15.4 Å². The Morgan fingerprint density at radius 1 is 1.30 bits per heavy atom. The van der Waals surface area contributed by atoms with Gasteiger partial charge in [0.15, 0.2) is 11.6 Å². The van der Waals surface area contributed by atoms with Gasteiger partial charge in [0.2, 0.25) is 0 Å². The Morgan fingerprint density at radius 2 is 1.90 bits per heavy atom. The number of rotatable bonds is 4. The highest BCUT2D eigenvalue weighted by Crippen LogP contribution is 2.23. The van der Waals surface area contributed by atoms with Gasteiger partial charge >= 0.3 is 5.97 Å². The van der Waals surface area contributed by atoms with Gasteiger partial charge in [0.05, 0.1) is 18.1 Å². The predicted octanol–water partition coefficient (Wildman–Crippen LogP) is 1.60. The molecule has 2 aromatic rings. The van der Waals surface area contributed by atoms with Crippen LogP contribution in [0.25, 0.3) is 11.0 Å². The zero-order chi connectivity index (χ0) is 14.7. The fourth-order valence-electron chi connectivity index (χ4n) is 1.92. The van der Waals surface area contributed by atoms with E-state index in [1.165, 1.54) is 7.11 Å². The lowest BCUT2D eigenvalue weighted by atomic mass is 10.2. The van der Waals surface area contributed by atoms with Crippen molar-refractivity contribution in [1.82, 2.24) is 9.97 Å². The summed E-state index contributed by atoms with van der Waals surface area (Å²) in [5.74, 6) is 0.471. The maximum Gasteiger partial charge on any atom is 0.325 e. The second-order valence-corrected chi connectivity index (χ2v) is 4.72. The summed E-state index contributed by atoms with van der Waals surface area (Å²) in [6, 6.07) is 7.53. The predicted molar refractivity (Wildman–Crippen MR) is 78.4 cm³/mol. The van der Waals surface area contributed by atoms with Crippen LogP contribution < -0.4 is 10.6 Å². The second kappa shape index (κ2) is 5.73. The van der Waals surface area contributed by atoms with Gasteiger partial charge in [-0.25, -0.2) is 9.97 Å². The lowest BCUT2D eigenvalue weighted by Gasteiger charge is -2.27. The molecule has 6 nitrogen and oxygen atoms in total. The first-order valence-corrected chi connectivity index (χ1v) is 6.38. The summed E-state index contributed by atoms with van der Waals surface area (Å²) in [5.41, 5.74) is 7.45. The molecule has 0 amide bonds. The van der Waals surface area contributed by atoms with Gasteiger partial charge in [0, 0.05) is 6.04 Å². The molecule has 0 bridgehead atoms. The number of anilines is 2. The molecular weight excluding hydrogens is 256 g/mol. The molecule has 2 rings (SSSR count). The van der Waals surface area contributed by atoms with Crippen LogP contribution >= 0.6 is 0 Å². The lowest BCUT2D eigenvalue weighted by molar-refractivity contribution is -0.139. The molecule has 0 radical (unpaired) electrons. The zero-order valence-electron chi connectivity index (χ0n) is 11.8. The van der Waals surface area contributed by atoms with Gasteiger partial charge in [-0.05, 0) is 26.0 Å². The number of nitrogens with two attached hydrogens (primary N) is 1. The number of hydrogen-bond donors (Lipinski definition) is 1. The highest BCUT2D eigenvalue weighted by atomic mass is 16.5. The van der Waals surface area contributed by atoms with Gasteiger partial charge in [-0.15, -0.1) is 0 Å². The number of para-hydroxylation sites is 2. The molecule has 0 unspecified atom stereocenters. The average Bonchev–Trinajstić information content (AvgIpc) is 2.43. The van der Waals surface area contributed by atoms with E-state index >= 15 is 0 Å². The fourth-order valence-corrected chi connectivity index (χ4v) is 1.92. The van der Waals surface area contributed by atoms with Gasteiger partial charge in [0.25, 0.3) is 0 Å². The number of carbonyl (C=O) groups excluding carboxylic acids is 1. The summed E-state index contributed by atoms with van der Waals surface area (Å²) in [5, 5.41) is 0. The number of esters is 1. The third-order valence-corrected chi connectivity index (χ3v) is 3.00. The highest BCUT2D eigenvalue weighted by Gasteiger charge is 2.20. The molecule has 1 aromatic carbocycles. The van der Waals surface area contributed by atoms with E-state index in [1.54, 1.807) is 4.90 Å². The Bertz CT molecular complexity index is 628. The Morgan fingerprint density at radius 3 is 2.45 bits per heavy atom. The van der Waals surface area contributed by atoms with Crippen LogP contribution in [0.2, 0.25) is 0 Å². The van der Waals surface area contributed by atoms with E-state index < -0.39 is 0 Å². The van der Waals surface area contributed by atoms with E-state index in [0.717, 1.165) is 11.0 Å². The highest BCUT2D eigenvalue weighted by molar-refractivity contribution is 5.82. The number of aromatic nitrogens is 2. The van der Waals surface area contributed by atoms with Gasteiger partial charge in [-0.3, -0.25) is 4.79 Å². The van der Waals surface area contributed by atoms with Gasteiger partial charge in [-0.2, -0.15) is 0 Å². The minimum atomic E-state index is -0.340. The molecule has 0 aliphatic carbocycles. The molecule has 0 saturated heterocycles. The van der Waals surface area contributed by atoms with Crippen molar-refractivity contribution in [3.8, 4) is 0 Å². The number of fused-ring (bicyclic) bond motifs is 1. The van der Waals surface area contributed by atoms with Crippen LogP contribution in [0, 0.1) is 0 Å². The SMILES string of the molecule is COC(=O)CN(c1nc2ccccc2nc1N)C(C)C. The molecule has 1 aromatic heterocycles. The van der Waals surface area contributed by atoms with E-state index in [0.29, 0.717) is 11.6 Å². The summed E-state index contributed by atoms with van der Waals surface area (Å²) >= 11 is 0. The molecule has 0 aliphatic heterocycles. The van der Waals surface area contributed by atoms with E-state index in [-0.39, 0.29) is 18.6 Å². The second-order valence-electron chi connectivity index (χ2n) is 4.72. The van der Waals surface area contributed by atoms with Crippen molar-refractivity contribution in [2.24, 2.45) is 0 Å². The third-order valence-electron chi connectivity index (χ3n) is 3.00. The Hall–Kier alpha value is -2.37. The largest absolute Gasteiger partial charge is 0.468 e. The average molecular weight is 274 g/mol. The van der Waals surface area contributed by atoms with Crippen LogP contribution in [0.15, 0.2) is 24.3 Å². The summed E-state index contributed by atoms with van der Waals surface area (Å²) in [4.78, 5) is 22.1. The normalized spacial score (nSPS) is 10.8. The van der Waals surface area contributed by atoms with Crippen LogP contribution in [0.1, 0.15) is 13.8 Å². The molecule has 0 saturated carbocycles. The van der Waals surface area contributed by atoms with E-state index in [4.69, 9.17) is 10.5 Å². The number of methoxy groups -OCH3 is 1. The maximum absolute atomic E-state index is 11.5. The number of hydrogen-bond acceptors (Lipinski definition) is 6. The molecule has 2 N–H and O–H groups in total. The van der Waals surface area contributed by atoms with Crippen molar-refractivity contribution in [3.63, 3.8) is 0 Å². The maximum atomic E-state index is 11.5. The number of ether oxygens (including phenoxy) is 1. The minimum Gasteiger partial charge on any atom is -0.468 e. The van der Waals surface area contributed by atoms with Gasteiger partial charge in [-0.1, -0.05) is 12.1 Å². The van der Waals surface area contributed by atoms with Crippen molar-refractivity contribution in [2.45, 2.75) is 19.9 Å². The standard InChI is InChI=1S/C14H18N4O2/c1-9(2)18(8-12(19)20-3)14-13(15)16-10-6-4-5-7-11(10)17-14/h4-7,9H,8H2,1-3H3,(H2,15,16). The molecule has 6 heteroatoms. The van der Waals surface area contributed by atoms with Crippen LogP contribution in [-0.4, -0.2) is 35.6 Å².